The molecule has 116 valence electrons. The van der Waals surface area contributed by atoms with Crippen LogP contribution in [0.2, 0.25) is 0 Å². The van der Waals surface area contributed by atoms with Crippen LogP contribution in [0.4, 0.5) is 0 Å². The van der Waals surface area contributed by atoms with E-state index >= 15 is 0 Å². The van der Waals surface area contributed by atoms with Crippen LogP contribution in [0, 0.1) is 6.92 Å². The fourth-order valence-electron chi connectivity index (χ4n) is 2.64. The van der Waals surface area contributed by atoms with Crippen molar-refractivity contribution >= 4 is 5.91 Å². The van der Waals surface area contributed by atoms with Crippen molar-refractivity contribution in [3.8, 4) is 11.5 Å². The SMILES string of the molecule is COc1cc(C)c(C(N)=O)c(OC)c1CN1CCOCC1. The molecule has 1 aliphatic heterocycles. The second-order valence-electron chi connectivity index (χ2n) is 5.04. The summed E-state index contributed by atoms with van der Waals surface area (Å²) in [4.78, 5) is 14.0. The summed E-state index contributed by atoms with van der Waals surface area (Å²) in [6, 6.07) is 1.83. The highest BCUT2D eigenvalue weighted by molar-refractivity contribution is 5.98. The molecule has 0 saturated carbocycles. The molecule has 1 fully saturated rings. The first-order valence-electron chi connectivity index (χ1n) is 6.92. The van der Waals surface area contributed by atoms with Crippen molar-refractivity contribution < 1.29 is 19.0 Å². The third-order valence-corrected chi connectivity index (χ3v) is 3.70. The molecule has 0 aliphatic carbocycles. The minimum absolute atomic E-state index is 0.418. The van der Waals surface area contributed by atoms with Crippen LogP contribution in [0.1, 0.15) is 21.5 Å². The molecule has 1 aliphatic rings. The van der Waals surface area contributed by atoms with Crippen LogP contribution in [-0.4, -0.2) is 51.3 Å². The maximum absolute atomic E-state index is 11.7. The van der Waals surface area contributed by atoms with Gasteiger partial charge >= 0.3 is 0 Å². The fourth-order valence-corrected chi connectivity index (χ4v) is 2.64. The van der Waals surface area contributed by atoms with Gasteiger partial charge in [-0.2, -0.15) is 0 Å². The maximum Gasteiger partial charge on any atom is 0.252 e. The third kappa shape index (κ3) is 3.28. The van der Waals surface area contributed by atoms with Crippen molar-refractivity contribution in [2.45, 2.75) is 13.5 Å². The van der Waals surface area contributed by atoms with Crippen molar-refractivity contribution in [3.05, 3.63) is 22.8 Å². The largest absolute Gasteiger partial charge is 0.496 e. The number of methoxy groups -OCH3 is 2. The highest BCUT2D eigenvalue weighted by Gasteiger charge is 2.23. The van der Waals surface area contributed by atoms with Gasteiger partial charge in [-0.1, -0.05) is 0 Å². The lowest BCUT2D eigenvalue weighted by atomic mass is 10.0. The minimum atomic E-state index is -0.491. The number of nitrogens with two attached hydrogens (primary N) is 1. The molecule has 1 saturated heterocycles. The van der Waals surface area contributed by atoms with Gasteiger partial charge in [0.05, 0.1) is 38.6 Å². The average molecular weight is 294 g/mol. The van der Waals surface area contributed by atoms with E-state index in [2.05, 4.69) is 4.90 Å². The summed E-state index contributed by atoms with van der Waals surface area (Å²) in [5.41, 5.74) is 7.51. The van der Waals surface area contributed by atoms with Crippen molar-refractivity contribution in [3.63, 3.8) is 0 Å². The van der Waals surface area contributed by atoms with E-state index in [0.29, 0.717) is 36.8 Å². The summed E-state index contributed by atoms with van der Waals surface area (Å²) in [6.45, 7) is 5.55. The van der Waals surface area contributed by atoms with E-state index in [0.717, 1.165) is 24.2 Å². The number of aryl methyl sites for hydroxylation is 1. The van der Waals surface area contributed by atoms with Crippen LogP contribution in [0.5, 0.6) is 11.5 Å². The molecule has 0 aromatic heterocycles. The van der Waals surface area contributed by atoms with Gasteiger partial charge in [0.2, 0.25) is 0 Å². The van der Waals surface area contributed by atoms with Gasteiger partial charge in [0.1, 0.15) is 11.5 Å². The Morgan fingerprint density at radius 1 is 1.33 bits per heavy atom. The van der Waals surface area contributed by atoms with E-state index in [1.165, 1.54) is 0 Å². The molecular weight excluding hydrogens is 272 g/mol. The second kappa shape index (κ2) is 6.78. The number of hydrogen-bond donors (Lipinski definition) is 1. The van der Waals surface area contributed by atoms with Crippen molar-refractivity contribution in [2.24, 2.45) is 5.73 Å². The predicted octanol–water partition coefficient (Wildman–Crippen LogP) is 0.943. The molecule has 1 heterocycles. The molecule has 2 rings (SSSR count). The lowest BCUT2D eigenvalue weighted by Gasteiger charge is -2.28. The van der Waals surface area contributed by atoms with Crippen LogP contribution in [0.3, 0.4) is 0 Å². The molecular formula is C15H22N2O4. The lowest BCUT2D eigenvalue weighted by Crippen LogP contribution is -2.36. The summed E-state index contributed by atoms with van der Waals surface area (Å²) in [5.74, 6) is 0.724. The number of benzene rings is 1. The molecule has 0 unspecified atom stereocenters. The molecule has 6 heteroatoms. The summed E-state index contributed by atoms with van der Waals surface area (Å²) in [7, 11) is 3.16. The van der Waals surface area contributed by atoms with Crippen molar-refractivity contribution in [1.82, 2.24) is 4.90 Å². The molecule has 0 bridgehead atoms. The van der Waals surface area contributed by atoms with Gasteiger partial charge < -0.3 is 19.9 Å². The Morgan fingerprint density at radius 3 is 2.52 bits per heavy atom. The quantitative estimate of drug-likeness (QED) is 0.875. The third-order valence-electron chi connectivity index (χ3n) is 3.70. The summed E-state index contributed by atoms with van der Waals surface area (Å²) in [5, 5.41) is 0. The minimum Gasteiger partial charge on any atom is -0.496 e. The summed E-state index contributed by atoms with van der Waals surface area (Å²) in [6.07, 6.45) is 0. The zero-order valence-corrected chi connectivity index (χ0v) is 12.8. The number of morpholine rings is 1. The zero-order chi connectivity index (χ0) is 15.4. The Balaban J connectivity index is 2.45. The Labute approximate surface area is 124 Å². The highest BCUT2D eigenvalue weighted by atomic mass is 16.5. The number of carbonyl (C=O) groups is 1. The van der Waals surface area contributed by atoms with Crippen LogP contribution in [-0.2, 0) is 11.3 Å². The van der Waals surface area contributed by atoms with Crippen LogP contribution in [0.25, 0.3) is 0 Å². The second-order valence-corrected chi connectivity index (χ2v) is 5.04. The average Bonchev–Trinajstić information content (AvgIpc) is 2.48. The molecule has 1 aromatic rings. The van der Waals surface area contributed by atoms with Gasteiger partial charge in [-0.15, -0.1) is 0 Å². The number of hydrogen-bond acceptors (Lipinski definition) is 5. The Bertz CT molecular complexity index is 525. The normalized spacial score (nSPS) is 15.8. The summed E-state index contributed by atoms with van der Waals surface area (Å²) >= 11 is 0. The van der Waals surface area contributed by atoms with E-state index in [4.69, 9.17) is 19.9 Å². The predicted molar refractivity (Wildman–Crippen MR) is 78.9 cm³/mol. The van der Waals surface area contributed by atoms with Crippen molar-refractivity contribution in [1.29, 1.82) is 0 Å². The van der Waals surface area contributed by atoms with E-state index in [1.807, 2.05) is 13.0 Å². The Hall–Kier alpha value is -1.79. The van der Waals surface area contributed by atoms with E-state index < -0.39 is 5.91 Å². The number of carbonyl (C=O) groups excluding carboxylic acids is 1. The fraction of sp³-hybridized carbons (Fsp3) is 0.533. The molecule has 0 atom stereocenters. The smallest absolute Gasteiger partial charge is 0.252 e. The number of primary amides is 1. The van der Waals surface area contributed by atoms with Crippen LogP contribution < -0.4 is 15.2 Å². The summed E-state index contributed by atoms with van der Waals surface area (Å²) < 4.78 is 16.3. The van der Waals surface area contributed by atoms with E-state index in [1.54, 1.807) is 14.2 Å². The zero-order valence-electron chi connectivity index (χ0n) is 12.8. The molecule has 21 heavy (non-hydrogen) atoms. The maximum atomic E-state index is 11.7. The first kappa shape index (κ1) is 15.6. The van der Waals surface area contributed by atoms with Crippen molar-refractivity contribution in [2.75, 3.05) is 40.5 Å². The Kier molecular flexibility index (Phi) is 5.03. The lowest BCUT2D eigenvalue weighted by molar-refractivity contribution is 0.0335. The number of rotatable bonds is 5. The molecule has 1 amide bonds. The van der Waals surface area contributed by atoms with E-state index in [9.17, 15) is 4.79 Å². The van der Waals surface area contributed by atoms with Gasteiger partial charge in [0, 0.05) is 19.6 Å². The van der Waals surface area contributed by atoms with Crippen LogP contribution >= 0.6 is 0 Å². The first-order chi connectivity index (χ1) is 10.1. The van der Waals surface area contributed by atoms with Gasteiger partial charge in [0.15, 0.2) is 0 Å². The van der Waals surface area contributed by atoms with Gasteiger partial charge in [-0.3, -0.25) is 9.69 Å². The standard InChI is InChI=1S/C15H22N2O4/c1-10-8-12(19-2)11(9-17-4-6-21-7-5-17)14(20-3)13(10)15(16)18/h8H,4-7,9H2,1-3H3,(H2,16,18). The van der Waals surface area contributed by atoms with Gasteiger partial charge in [-0.05, 0) is 18.6 Å². The van der Waals surface area contributed by atoms with E-state index in [-0.39, 0.29) is 0 Å². The molecule has 0 radical (unpaired) electrons. The molecule has 1 aromatic carbocycles. The molecule has 2 N–H and O–H groups in total. The topological polar surface area (TPSA) is 74.0 Å². The molecule has 6 nitrogen and oxygen atoms in total. The monoisotopic (exact) mass is 294 g/mol. The Morgan fingerprint density at radius 2 is 2.00 bits per heavy atom. The van der Waals surface area contributed by atoms with Gasteiger partial charge in [-0.25, -0.2) is 0 Å². The number of amides is 1. The number of ether oxygens (including phenoxy) is 3. The molecule has 0 spiro atoms. The van der Waals surface area contributed by atoms with Gasteiger partial charge in [0.25, 0.3) is 5.91 Å². The van der Waals surface area contributed by atoms with Crippen LogP contribution in [0.15, 0.2) is 6.07 Å². The first-order valence-corrected chi connectivity index (χ1v) is 6.92. The number of nitrogens with zero attached hydrogens (tertiary/aromatic N) is 1. The highest BCUT2D eigenvalue weighted by Crippen LogP contribution is 2.35.